The Labute approximate surface area is 235 Å². The molecule has 0 bridgehead atoms. The van der Waals surface area contributed by atoms with Crippen molar-refractivity contribution in [2.45, 2.75) is 50.9 Å². The Kier molecular flexibility index (Phi) is 9.53. The topological polar surface area (TPSA) is 123 Å². The summed E-state index contributed by atoms with van der Waals surface area (Å²) in [5.41, 5.74) is 6.82. The second-order valence-corrected chi connectivity index (χ2v) is 10.5. The zero-order valence-electron chi connectivity index (χ0n) is 22.7. The minimum absolute atomic E-state index is 0.0834. The van der Waals surface area contributed by atoms with Crippen molar-refractivity contribution in [2.75, 3.05) is 13.6 Å². The van der Waals surface area contributed by atoms with Crippen molar-refractivity contribution in [1.82, 2.24) is 25.0 Å². The van der Waals surface area contributed by atoms with Crippen LogP contribution in [0.2, 0.25) is 0 Å². The summed E-state index contributed by atoms with van der Waals surface area (Å²) in [5, 5.41) is 7.17. The van der Waals surface area contributed by atoms with Crippen LogP contribution in [0.15, 0.2) is 60.9 Å². The zero-order chi connectivity index (χ0) is 29.6. The summed E-state index contributed by atoms with van der Waals surface area (Å²) in [5.74, 6) is -3.46. The number of carbonyl (C=O) groups is 3. The van der Waals surface area contributed by atoms with E-state index in [1.165, 1.54) is 16.9 Å². The Hall–Kier alpha value is -4.06. The molecule has 0 spiro atoms. The third kappa shape index (κ3) is 8.00. The Morgan fingerprint density at radius 1 is 1.07 bits per heavy atom. The molecule has 1 aromatic carbocycles. The van der Waals surface area contributed by atoms with Gasteiger partial charge in [-0.15, -0.1) is 0 Å². The van der Waals surface area contributed by atoms with Crippen LogP contribution in [0.4, 0.5) is 13.2 Å². The monoisotopic (exact) mass is 570 g/mol. The maximum absolute atomic E-state index is 13.3. The van der Waals surface area contributed by atoms with Crippen LogP contribution in [-0.2, 0) is 22.6 Å². The van der Waals surface area contributed by atoms with Gasteiger partial charge in [0.1, 0.15) is 6.04 Å². The standard InChI is InChI=1S/C29H33F3N6O3/c1-37(17-20-9-11-21(12-10-20)29(30,31)32)18-22-13-15-38(36-22)27-23(8-5-14-34-27)28(41)35-24(25(39)26(33)40)16-19-6-3-2-4-7-19/h2-8,13-15,20-21,24H,9-12,16-18H2,1H3,(H2,33,40)(H,35,41). The van der Waals surface area contributed by atoms with Crippen molar-refractivity contribution >= 4 is 17.6 Å². The summed E-state index contributed by atoms with van der Waals surface area (Å²) >= 11 is 0. The van der Waals surface area contributed by atoms with E-state index in [9.17, 15) is 27.6 Å². The molecule has 2 aromatic heterocycles. The Morgan fingerprint density at radius 2 is 1.78 bits per heavy atom. The van der Waals surface area contributed by atoms with Crippen LogP contribution in [-0.4, -0.2) is 63.1 Å². The molecular formula is C29H33F3N6O3. The molecule has 0 radical (unpaired) electrons. The number of ketones is 1. The maximum Gasteiger partial charge on any atom is 0.391 e. The fourth-order valence-electron chi connectivity index (χ4n) is 5.24. The van der Waals surface area contributed by atoms with Gasteiger partial charge in [-0.2, -0.15) is 18.3 Å². The molecule has 1 fully saturated rings. The number of carbonyl (C=O) groups excluding carboxylic acids is 3. The molecule has 1 aliphatic rings. The highest BCUT2D eigenvalue weighted by Crippen LogP contribution is 2.39. The first-order valence-electron chi connectivity index (χ1n) is 13.4. The Balaban J connectivity index is 1.41. The molecule has 1 atom stereocenters. The third-order valence-corrected chi connectivity index (χ3v) is 7.35. The average molecular weight is 571 g/mol. The molecule has 2 amide bonds. The smallest absolute Gasteiger partial charge is 0.363 e. The number of nitrogens with two attached hydrogens (primary N) is 1. The van der Waals surface area contributed by atoms with Gasteiger partial charge in [-0.1, -0.05) is 30.3 Å². The van der Waals surface area contributed by atoms with Gasteiger partial charge >= 0.3 is 6.18 Å². The zero-order valence-corrected chi connectivity index (χ0v) is 22.7. The lowest BCUT2D eigenvalue weighted by molar-refractivity contribution is -0.184. The molecule has 0 saturated heterocycles. The van der Waals surface area contributed by atoms with Crippen molar-refractivity contribution < 1.29 is 27.6 Å². The highest BCUT2D eigenvalue weighted by atomic mass is 19.4. The molecule has 1 aliphatic carbocycles. The molecular weight excluding hydrogens is 537 g/mol. The predicted octanol–water partition coefficient (Wildman–Crippen LogP) is 3.46. The van der Waals surface area contributed by atoms with Crippen LogP contribution in [0.1, 0.15) is 47.3 Å². The predicted molar refractivity (Wildman–Crippen MR) is 145 cm³/mol. The highest BCUT2D eigenvalue weighted by molar-refractivity contribution is 6.38. The highest BCUT2D eigenvalue weighted by Gasteiger charge is 2.41. The van der Waals surface area contributed by atoms with Crippen molar-refractivity contribution in [3.8, 4) is 5.82 Å². The largest absolute Gasteiger partial charge is 0.391 e. The number of primary amides is 1. The quantitative estimate of drug-likeness (QED) is 0.341. The first kappa shape index (κ1) is 29.9. The first-order valence-corrected chi connectivity index (χ1v) is 13.4. The summed E-state index contributed by atoms with van der Waals surface area (Å²) in [6.07, 6.45) is 0.541. The van der Waals surface area contributed by atoms with E-state index in [1.807, 2.05) is 18.0 Å². The summed E-state index contributed by atoms with van der Waals surface area (Å²) in [6, 6.07) is 12.7. The summed E-state index contributed by atoms with van der Waals surface area (Å²) in [7, 11) is 1.90. The number of nitrogens with one attached hydrogen (secondary N) is 1. The fraction of sp³-hybridized carbons (Fsp3) is 0.414. The molecule has 1 unspecified atom stereocenters. The van der Waals surface area contributed by atoms with Crippen LogP contribution in [0, 0.1) is 11.8 Å². The van der Waals surface area contributed by atoms with Gasteiger partial charge in [0, 0.05) is 31.9 Å². The van der Waals surface area contributed by atoms with Crippen molar-refractivity contribution in [3.05, 3.63) is 77.7 Å². The molecule has 3 N–H and O–H groups in total. The van der Waals surface area contributed by atoms with Crippen molar-refractivity contribution in [1.29, 1.82) is 0 Å². The Morgan fingerprint density at radius 3 is 2.44 bits per heavy atom. The minimum atomic E-state index is -4.12. The number of hydrogen-bond donors (Lipinski definition) is 2. The van der Waals surface area contributed by atoms with Crippen LogP contribution in [0.3, 0.4) is 0 Å². The number of nitrogens with zero attached hydrogens (tertiary/aromatic N) is 4. The van der Waals surface area contributed by atoms with Gasteiger partial charge in [0.2, 0.25) is 5.78 Å². The minimum Gasteiger partial charge on any atom is -0.363 e. The molecule has 218 valence electrons. The fourth-order valence-corrected chi connectivity index (χ4v) is 5.24. The van der Waals surface area contributed by atoms with Crippen LogP contribution in [0.25, 0.3) is 5.82 Å². The number of benzene rings is 1. The first-order chi connectivity index (χ1) is 19.5. The molecule has 2 heterocycles. The Bertz CT molecular complexity index is 1350. The molecule has 9 nitrogen and oxygen atoms in total. The van der Waals surface area contributed by atoms with Crippen LogP contribution in [0.5, 0.6) is 0 Å². The molecule has 4 rings (SSSR count). The molecule has 1 saturated carbocycles. The number of alkyl halides is 3. The molecule has 41 heavy (non-hydrogen) atoms. The van der Waals surface area contributed by atoms with Crippen LogP contribution < -0.4 is 11.1 Å². The number of hydrogen-bond acceptors (Lipinski definition) is 6. The lowest BCUT2D eigenvalue weighted by Crippen LogP contribution is -2.47. The second-order valence-electron chi connectivity index (χ2n) is 10.5. The number of pyridine rings is 1. The molecule has 0 aliphatic heterocycles. The van der Waals surface area contributed by atoms with Crippen LogP contribution >= 0.6 is 0 Å². The number of rotatable bonds is 11. The van der Waals surface area contributed by atoms with Gasteiger partial charge in [-0.05, 0) is 62.4 Å². The maximum atomic E-state index is 13.3. The number of aromatic nitrogens is 3. The number of Topliss-reactive ketones (excluding diaryl/α,β-unsaturated/α-hetero) is 1. The van der Waals surface area contributed by atoms with Gasteiger partial charge in [-0.3, -0.25) is 14.4 Å². The van der Waals surface area contributed by atoms with Gasteiger partial charge in [0.05, 0.1) is 17.2 Å². The van der Waals surface area contributed by atoms with E-state index in [0.717, 1.165) is 5.56 Å². The second kappa shape index (κ2) is 13.1. The van der Waals surface area contributed by atoms with Gasteiger partial charge in [0.25, 0.3) is 11.8 Å². The van der Waals surface area contributed by atoms with E-state index in [4.69, 9.17) is 5.73 Å². The van der Waals surface area contributed by atoms with E-state index >= 15 is 0 Å². The lowest BCUT2D eigenvalue weighted by Gasteiger charge is -2.32. The van der Waals surface area contributed by atoms with E-state index < -0.39 is 35.7 Å². The molecule has 12 heteroatoms. The molecule has 3 aromatic rings. The van der Waals surface area contributed by atoms with E-state index in [1.54, 1.807) is 42.6 Å². The van der Waals surface area contributed by atoms with E-state index in [0.29, 0.717) is 31.6 Å². The van der Waals surface area contributed by atoms with E-state index in [2.05, 4.69) is 15.4 Å². The average Bonchev–Trinajstić information content (AvgIpc) is 3.40. The third-order valence-electron chi connectivity index (χ3n) is 7.35. The summed E-state index contributed by atoms with van der Waals surface area (Å²) in [4.78, 5) is 43.8. The van der Waals surface area contributed by atoms with Gasteiger partial charge < -0.3 is 16.0 Å². The van der Waals surface area contributed by atoms with Gasteiger partial charge in [0.15, 0.2) is 5.82 Å². The van der Waals surface area contributed by atoms with E-state index in [-0.39, 0.29) is 36.6 Å². The SMILES string of the molecule is CN(Cc1ccn(-c2ncccc2C(=O)NC(Cc2ccccc2)C(=O)C(N)=O)n1)CC1CCC(C(F)(F)F)CC1. The lowest BCUT2D eigenvalue weighted by atomic mass is 9.81. The van der Waals surface area contributed by atoms with Crippen molar-refractivity contribution in [3.63, 3.8) is 0 Å². The normalized spacial score (nSPS) is 18.2. The summed E-state index contributed by atoms with van der Waals surface area (Å²) in [6.45, 7) is 1.12. The summed E-state index contributed by atoms with van der Waals surface area (Å²) < 4.78 is 40.4. The van der Waals surface area contributed by atoms with Crippen molar-refractivity contribution in [2.24, 2.45) is 17.6 Å². The number of halogens is 3. The van der Waals surface area contributed by atoms with Gasteiger partial charge in [-0.25, -0.2) is 9.67 Å². The number of amides is 2.